The summed E-state index contributed by atoms with van der Waals surface area (Å²) in [5, 5.41) is 13.7. The molecule has 170 valence electrons. The van der Waals surface area contributed by atoms with E-state index in [1.54, 1.807) is 0 Å². The third-order valence-electron chi connectivity index (χ3n) is 6.96. The number of aromatic nitrogens is 2. The molecule has 1 spiro atoms. The highest BCUT2D eigenvalue weighted by molar-refractivity contribution is 6.33. The first-order chi connectivity index (χ1) is 15.4. The lowest BCUT2D eigenvalue weighted by Gasteiger charge is -2.29. The Morgan fingerprint density at radius 2 is 2.06 bits per heavy atom. The van der Waals surface area contributed by atoms with Gasteiger partial charge in [0.25, 0.3) is 0 Å². The van der Waals surface area contributed by atoms with Crippen LogP contribution in [0.15, 0.2) is 23.3 Å². The van der Waals surface area contributed by atoms with Gasteiger partial charge < -0.3 is 15.2 Å². The molecule has 8 heteroatoms. The molecule has 2 atom stereocenters. The Labute approximate surface area is 192 Å². The number of benzene rings is 1. The number of aliphatic hydroxyl groups is 1. The van der Waals surface area contributed by atoms with E-state index in [0.717, 1.165) is 37.0 Å². The predicted octanol–water partition coefficient (Wildman–Crippen LogP) is 5.05. The molecule has 6 nitrogen and oxygen atoms in total. The molecule has 5 rings (SSSR count). The summed E-state index contributed by atoms with van der Waals surface area (Å²) < 4.78 is 20.6. The Bertz CT molecular complexity index is 1070. The Balaban J connectivity index is 1.54. The van der Waals surface area contributed by atoms with Crippen LogP contribution in [0.5, 0.6) is 0 Å². The average Bonchev–Trinajstić information content (AvgIpc) is 3.38. The molecule has 1 saturated carbocycles. The maximum Gasteiger partial charge on any atom is 0.223 e. The van der Waals surface area contributed by atoms with E-state index in [1.165, 1.54) is 12.3 Å². The number of aliphatic imine (C=N–C) groups is 1. The zero-order valence-electron chi connectivity index (χ0n) is 18.4. The van der Waals surface area contributed by atoms with Gasteiger partial charge in [-0.05, 0) is 42.9 Å². The summed E-state index contributed by atoms with van der Waals surface area (Å²) >= 11 is 6.46. The maximum atomic E-state index is 15.3. The van der Waals surface area contributed by atoms with Crippen LogP contribution in [0.25, 0.3) is 11.3 Å². The minimum absolute atomic E-state index is 0.187. The molecule has 3 heterocycles. The highest BCUT2D eigenvalue weighted by Crippen LogP contribution is 2.53. The van der Waals surface area contributed by atoms with Crippen LogP contribution in [-0.2, 0) is 10.2 Å². The van der Waals surface area contributed by atoms with Gasteiger partial charge in [-0.15, -0.1) is 0 Å². The lowest BCUT2D eigenvalue weighted by molar-refractivity contribution is -0.0136. The average molecular weight is 459 g/mol. The Kier molecular flexibility index (Phi) is 5.68. The third-order valence-corrected chi connectivity index (χ3v) is 7.24. The lowest BCUT2D eigenvalue weighted by atomic mass is 9.72. The van der Waals surface area contributed by atoms with E-state index < -0.39 is 6.10 Å². The van der Waals surface area contributed by atoms with Gasteiger partial charge in [-0.25, -0.2) is 14.4 Å². The monoisotopic (exact) mass is 458 g/mol. The van der Waals surface area contributed by atoms with E-state index in [1.807, 2.05) is 6.07 Å². The van der Waals surface area contributed by atoms with Crippen molar-refractivity contribution in [3.63, 3.8) is 0 Å². The molecule has 1 aliphatic carbocycles. The predicted molar refractivity (Wildman–Crippen MR) is 123 cm³/mol. The maximum absolute atomic E-state index is 15.3. The Morgan fingerprint density at radius 1 is 1.28 bits per heavy atom. The first kappa shape index (κ1) is 21.7. The van der Waals surface area contributed by atoms with Crippen LogP contribution in [0.3, 0.4) is 0 Å². The number of nitrogens with one attached hydrogen (secondary N) is 1. The van der Waals surface area contributed by atoms with Gasteiger partial charge in [-0.3, -0.25) is 4.99 Å². The fourth-order valence-corrected chi connectivity index (χ4v) is 5.66. The van der Waals surface area contributed by atoms with E-state index in [-0.39, 0.29) is 29.8 Å². The van der Waals surface area contributed by atoms with Crippen molar-refractivity contribution in [1.82, 2.24) is 9.97 Å². The summed E-state index contributed by atoms with van der Waals surface area (Å²) in [6.45, 7) is 5.10. The molecule has 0 amide bonds. The molecule has 0 bridgehead atoms. The van der Waals surface area contributed by atoms with Gasteiger partial charge in [0.2, 0.25) is 5.95 Å². The van der Waals surface area contributed by atoms with Gasteiger partial charge in [0.15, 0.2) is 0 Å². The van der Waals surface area contributed by atoms with E-state index in [4.69, 9.17) is 21.3 Å². The van der Waals surface area contributed by atoms with Crippen molar-refractivity contribution < 1.29 is 14.2 Å². The van der Waals surface area contributed by atoms with Gasteiger partial charge in [-0.1, -0.05) is 38.3 Å². The SMILES string of the molecule is CC(C)C1=Nc2c(F)cc(-c3nc(NC4CCOCC4O)ncc3Cl)cc2C12CCCC2. The van der Waals surface area contributed by atoms with E-state index in [0.29, 0.717) is 40.9 Å². The van der Waals surface area contributed by atoms with Crippen molar-refractivity contribution in [3.05, 3.63) is 34.7 Å². The summed E-state index contributed by atoms with van der Waals surface area (Å²) in [5.41, 5.74) is 3.42. The number of rotatable bonds is 4. The molecule has 1 aromatic heterocycles. The van der Waals surface area contributed by atoms with Crippen LogP contribution in [0.1, 0.15) is 51.5 Å². The number of hydrogen-bond donors (Lipinski definition) is 2. The van der Waals surface area contributed by atoms with Crippen LogP contribution in [0.2, 0.25) is 5.02 Å². The van der Waals surface area contributed by atoms with Gasteiger partial charge in [0.1, 0.15) is 11.5 Å². The first-order valence-corrected chi connectivity index (χ1v) is 11.8. The van der Waals surface area contributed by atoms with Crippen LogP contribution >= 0.6 is 11.6 Å². The van der Waals surface area contributed by atoms with Crippen molar-refractivity contribution in [2.75, 3.05) is 18.5 Å². The number of fused-ring (bicyclic) bond motifs is 2. The molecule has 3 aliphatic rings. The van der Waals surface area contributed by atoms with Crippen molar-refractivity contribution in [3.8, 4) is 11.3 Å². The van der Waals surface area contributed by atoms with Crippen LogP contribution in [0, 0.1) is 11.7 Å². The number of hydrogen-bond acceptors (Lipinski definition) is 6. The first-order valence-electron chi connectivity index (χ1n) is 11.4. The quantitative estimate of drug-likeness (QED) is 0.670. The van der Waals surface area contributed by atoms with Crippen LogP contribution in [0.4, 0.5) is 16.0 Å². The second-order valence-electron chi connectivity index (χ2n) is 9.37. The van der Waals surface area contributed by atoms with Crippen LogP contribution < -0.4 is 5.32 Å². The van der Waals surface area contributed by atoms with Crippen molar-refractivity contribution in [1.29, 1.82) is 0 Å². The Hall–Kier alpha value is -2.09. The highest BCUT2D eigenvalue weighted by atomic mass is 35.5. The second-order valence-corrected chi connectivity index (χ2v) is 9.77. The van der Waals surface area contributed by atoms with Gasteiger partial charge in [-0.2, -0.15) is 0 Å². The van der Waals surface area contributed by atoms with Crippen LogP contribution in [-0.4, -0.2) is 46.1 Å². The fourth-order valence-electron chi connectivity index (χ4n) is 5.46. The van der Waals surface area contributed by atoms with E-state index in [9.17, 15) is 5.11 Å². The minimum Gasteiger partial charge on any atom is -0.389 e. The lowest BCUT2D eigenvalue weighted by Crippen LogP contribution is -2.42. The molecule has 1 saturated heterocycles. The summed E-state index contributed by atoms with van der Waals surface area (Å²) in [6, 6.07) is 3.28. The zero-order chi connectivity index (χ0) is 22.5. The summed E-state index contributed by atoms with van der Waals surface area (Å²) in [4.78, 5) is 13.6. The van der Waals surface area contributed by atoms with Gasteiger partial charge in [0, 0.05) is 23.3 Å². The highest BCUT2D eigenvalue weighted by Gasteiger charge is 2.47. The normalized spacial score (nSPS) is 24.1. The summed E-state index contributed by atoms with van der Waals surface area (Å²) in [6.07, 6.45) is 5.74. The number of ether oxygens (including phenoxy) is 1. The second kappa shape index (κ2) is 8.36. The molecule has 2 fully saturated rings. The molecule has 2 N–H and O–H groups in total. The van der Waals surface area contributed by atoms with E-state index in [2.05, 4.69) is 29.1 Å². The van der Waals surface area contributed by atoms with Gasteiger partial charge >= 0.3 is 0 Å². The number of halogens is 2. The largest absolute Gasteiger partial charge is 0.389 e. The molecule has 1 aromatic carbocycles. The van der Waals surface area contributed by atoms with Crippen molar-refractivity contribution >= 4 is 28.9 Å². The van der Waals surface area contributed by atoms with Crippen molar-refractivity contribution in [2.45, 2.75) is 63.5 Å². The molecular weight excluding hydrogens is 431 g/mol. The fraction of sp³-hybridized carbons (Fsp3) is 0.542. The molecular formula is C24H28ClFN4O2. The minimum atomic E-state index is -0.641. The Morgan fingerprint density at radius 3 is 2.78 bits per heavy atom. The number of aliphatic hydroxyl groups excluding tert-OH is 1. The van der Waals surface area contributed by atoms with Crippen molar-refractivity contribution in [2.24, 2.45) is 10.9 Å². The number of nitrogens with zero attached hydrogens (tertiary/aromatic N) is 3. The topological polar surface area (TPSA) is 79.6 Å². The standard InChI is InChI=1S/C24H28ClFN4O2/c1-13(2)22-24(6-3-4-7-24)15-9-14(10-17(26)21(15)29-22)20-16(25)11-27-23(30-20)28-18-5-8-32-12-19(18)31/h9-11,13,18-19,31H,3-8,12H2,1-2H3,(H,27,28,30). The third kappa shape index (κ3) is 3.60. The smallest absolute Gasteiger partial charge is 0.223 e. The zero-order valence-corrected chi connectivity index (χ0v) is 19.1. The molecule has 2 unspecified atom stereocenters. The van der Waals surface area contributed by atoms with E-state index >= 15 is 4.39 Å². The molecule has 0 radical (unpaired) electrons. The molecule has 2 aromatic rings. The summed E-state index contributed by atoms with van der Waals surface area (Å²) in [5.74, 6) is 0.266. The number of anilines is 1. The molecule has 32 heavy (non-hydrogen) atoms. The summed E-state index contributed by atoms with van der Waals surface area (Å²) in [7, 11) is 0. The van der Waals surface area contributed by atoms with Gasteiger partial charge in [0.05, 0.1) is 35.7 Å². The molecule has 2 aliphatic heterocycles.